The largest absolute Gasteiger partial charge is 0.368 e. The Morgan fingerprint density at radius 3 is 2.46 bits per heavy atom. The van der Waals surface area contributed by atoms with Crippen LogP contribution < -0.4 is 16.4 Å². The molecule has 11 heteroatoms. The molecule has 1 aliphatic rings. The topological polar surface area (TPSA) is 116 Å². The van der Waals surface area contributed by atoms with Crippen LogP contribution in [0.3, 0.4) is 0 Å². The summed E-state index contributed by atoms with van der Waals surface area (Å²) in [6, 6.07) is 12.2. The second-order valence-electron chi connectivity index (χ2n) is 9.43. The van der Waals surface area contributed by atoms with E-state index in [1.54, 1.807) is 17.0 Å². The molecule has 1 fully saturated rings. The molecule has 196 valence electrons. The molecule has 3 amide bonds. The zero-order valence-corrected chi connectivity index (χ0v) is 22.4. The lowest BCUT2D eigenvalue weighted by Gasteiger charge is -2.34. The first-order valence-corrected chi connectivity index (χ1v) is 13.0. The van der Waals surface area contributed by atoms with Crippen LogP contribution in [-0.4, -0.2) is 63.9 Å². The molecule has 2 aromatic carbocycles. The Kier molecular flexibility index (Phi) is 8.68. The lowest BCUT2D eigenvalue weighted by Crippen LogP contribution is -2.51. The smallest absolute Gasteiger partial charge is 0.317 e. The minimum atomic E-state index is -0.545. The lowest BCUT2D eigenvalue weighted by molar-refractivity contribution is -0.119. The van der Waals surface area contributed by atoms with Crippen LogP contribution in [0.25, 0.3) is 10.9 Å². The second kappa shape index (κ2) is 11.9. The second-order valence-corrected chi connectivity index (χ2v) is 10.3. The predicted molar refractivity (Wildman–Crippen MR) is 147 cm³/mol. The normalized spacial score (nSPS) is 15.1. The minimum Gasteiger partial charge on any atom is -0.368 e. The average molecular weight is 544 g/mol. The van der Waals surface area contributed by atoms with Crippen molar-refractivity contribution in [2.45, 2.75) is 33.0 Å². The number of urea groups is 1. The number of para-hydroxylation sites is 1. The Hall–Kier alpha value is -3.14. The van der Waals surface area contributed by atoms with Crippen LogP contribution in [0.15, 0.2) is 42.5 Å². The van der Waals surface area contributed by atoms with E-state index in [0.717, 1.165) is 16.5 Å². The number of hydrogen-bond donors (Lipinski definition) is 3. The van der Waals surface area contributed by atoms with Gasteiger partial charge in [-0.2, -0.15) is 0 Å². The molecule has 3 aromatic rings. The van der Waals surface area contributed by atoms with Gasteiger partial charge in [0.1, 0.15) is 17.7 Å². The van der Waals surface area contributed by atoms with E-state index >= 15 is 0 Å². The molecule has 0 aliphatic carbocycles. The molecule has 9 nitrogen and oxygen atoms in total. The number of rotatable bonds is 8. The number of benzene rings is 2. The molecule has 4 N–H and O–H groups in total. The SMILES string of the molecule is CC(C)[C@H](Nc1nc(CN2CCN(C(=O)NCc3ccc(Cl)cc3Cl)CC2)nc2ccccc12)C(N)=O. The van der Waals surface area contributed by atoms with Crippen molar-refractivity contribution in [3.63, 3.8) is 0 Å². The summed E-state index contributed by atoms with van der Waals surface area (Å²) in [5.74, 6) is 0.817. The van der Waals surface area contributed by atoms with Gasteiger partial charge in [-0.15, -0.1) is 0 Å². The fraction of sp³-hybridized carbons (Fsp3) is 0.385. The number of carbonyl (C=O) groups is 2. The third-order valence-corrected chi connectivity index (χ3v) is 6.97. The first kappa shape index (κ1) is 26.9. The van der Waals surface area contributed by atoms with E-state index in [4.69, 9.17) is 38.9 Å². The number of nitrogens with two attached hydrogens (primary N) is 1. The molecule has 1 saturated heterocycles. The van der Waals surface area contributed by atoms with E-state index < -0.39 is 11.9 Å². The molecular weight excluding hydrogens is 513 g/mol. The Bertz CT molecular complexity index is 1280. The van der Waals surface area contributed by atoms with Crippen molar-refractivity contribution in [2.75, 3.05) is 31.5 Å². The van der Waals surface area contributed by atoms with Gasteiger partial charge in [0.2, 0.25) is 5.91 Å². The van der Waals surface area contributed by atoms with Gasteiger partial charge in [0.05, 0.1) is 12.1 Å². The van der Waals surface area contributed by atoms with Gasteiger partial charge in [0, 0.05) is 48.2 Å². The minimum absolute atomic E-state index is 0.00428. The maximum Gasteiger partial charge on any atom is 0.317 e. The van der Waals surface area contributed by atoms with Gasteiger partial charge >= 0.3 is 6.03 Å². The standard InChI is InChI=1S/C26H31Cl2N7O2/c1-16(2)23(24(29)36)33-25-19-5-3-4-6-21(19)31-22(32-25)15-34-9-11-35(12-10-34)26(37)30-14-17-7-8-18(27)13-20(17)28/h3-8,13,16,23H,9-12,14-15H2,1-2H3,(H2,29,36)(H,30,37)(H,31,32,33)/t23-/m0/s1. The summed E-state index contributed by atoms with van der Waals surface area (Å²) in [5.41, 5.74) is 7.22. The van der Waals surface area contributed by atoms with E-state index in [1.807, 2.05) is 44.2 Å². The van der Waals surface area contributed by atoms with Gasteiger partial charge in [-0.1, -0.05) is 55.2 Å². The molecular formula is C26H31Cl2N7O2. The van der Waals surface area contributed by atoms with Crippen molar-refractivity contribution < 1.29 is 9.59 Å². The monoisotopic (exact) mass is 543 g/mol. The van der Waals surface area contributed by atoms with Crippen molar-refractivity contribution in [3.05, 3.63) is 63.9 Å². The number of aromatic nitrogens is 2. The molecule has 1 aromatic heterocycles. The third kappa shape index (κ3) is 6.80. The van der Waals surface area contributed by atoms with Crippen LogP contribution in [-0.2, 0) is 17.9 Å². The molecule has 1 atom stereocenters. The number of piperazine rings is 1. The fourth-order valence-electron chi connectivity index (χ4n) is 4.28. The fourth-order valence-corrected chi connectivity index (χ4v) is 4.75. The van der Waals surface area contributed by atoms with Gasteiger partial charge in [-0.05, 0) is 35.7 Å². The Morgan fingerprint density at radius 2 is 1.78 bits per heavy atom. The highest BCUT2D eigenvalue weighted by atomic mass is 35.5. The number of fused-ring (bicyclic) bond motifs is 1. The van der Waals surface area contributed by atoms with Gasteiger partial charge in [-0.25, -0.2) is 14.8 Å². The molecule has 4 rings (SSSR count). The highest BCUT2D eigenvalue weighted by molar-refractivity contribution is 6.35. The van der Waals surface area contributed by atoms with Crippen LogP contribution in [0.5, 0.6) is 0 Å². The van der Waals surface area contributed by atoms with E-state index in [0.29, 0.717) is 61.0 Å². The van der Waals surface area contributed by atoms with E-state index in [9.17, 15) is 9.59 Å². The summed E-state index contributed by atoms with van der Waals surface area (Å²) in [6.45, 7) is 7.26. The number of nitrogens with zero attached hydrogens (tertiary/aromatic N) is 4. The van der Waals surface area contributed by atoms with Gasteiger partial charge in [0.25, 0.3) is 0 Å². The van der Waals surface area contributed by atoms with Crippen LogP contribution >= 0.6 is 23.2 Å². The summed E-state index contributed by atoms with van der Waals surface area (Å²) >= 11 is 12.1. The maximum absolute atomic E-state index is 12.7. The van der Waals surface area contributed by atoms with Crippen molar-refractivity contribution >= 4 is 51.9 Å². The van der Waals surface area contributed by atoms with Crippen LogP contribution in [0, 0.1) is 5.92 Å². The average Bonchev–Trinajstić information content (AvgIpc) is 2.86. The van der Waals surface area contributed by atoms with Gasteiger partial charge in [-0.3, -0.25) is 9.69 Å². The number of halogens is 2. The Labute approximate surface area is 226 Å². The summed E-state index contributed by atoms with van der Waals surface area (Å²) in [7, 11) is 0. The van der Waals surface area contributed by atoms with Crippen molar-refractivity contribution in [1.29, 1.82) is 0 Å². The zero-order chi connectivity index (χ0) is 26.5. The molecule has 2 heterocycles. The lowest BCUT2D eigenvalue weighted by atomic mass is 10.0. The third-order valence-electron chi connectivity index (χ3n) is 6.38. The van der Waals surface area contributed by atoms with E-state index in [1.165, 1.54) is 0 Å². The van der Waals surface area contributed by atoms with Crippen molar-refractivity contribution in [1.82, 2.24) is 25.1 Å². The summed E-state index contributed by atoms with van der Waals surface area (Å²) in [5, 5.41) is 8.08. The zero-order valence-electron chi connectivity index (χ0n) is 20.9. The number of hydrogen-bond acceptors (Lipinski definition) is 6. The van der Waals surface area contributed by atoms with Crippen LogP contribution in [0.1, 0.15) is 25.2 Å². The molecule has 0 unspecified atom stereocenters. The van der Waals surface area contributed by atoms with E-state index in [2.05, 4.69) is 15.5 Å². The van der Waals surface area contributed by atoms with Gasteiger partial charge in [0.15, 0.2) is 0 Å². The highest BCUT2D eigenvalue weighted by Crippen LogP contribution is 2.23. The number of primary amides is 1. The summed E-state index contributed by atoms with van der Waals surface area (Å²) in [4.78, 5) is 38.1. The highest BCUT2D eigenvalue weighted by Gasteiger charge is 2.24. The van der Waals surface area contributed by atoms with Crippen LogP contribution in [0.2, 0.25) is 10.0 Å². The Balaban J connectivity index is 1.38. The summed E-state index contributed by atoms with van der Waals surface area (Å²) in [6.07, 6.45) is 0. The maximum atomic E-state index is 12.7. The first-order chi connectivity index (χ1) is 17.7. The van der Waals surface area contributed by atoms with Crippen LogP contribution in [0.4, 0.5) is 10.6 Å². The summed E-state index contributed by atoms with van der Waals surface area (Å²) < 4.78 is 0. The molecule has 0 spiro atoms. The molecule has 37 heavy (non-hydrogen) atoms. The molecule has 1 aliphatic heterocycles. The van der Waals surface area contributed by atoms with Gasteiger partial charge < -0.3 is 21.3 Å². The quantitative estimate of drug-likeness (QED) is 0.396. The predicted octanol–water partition coefficient (Wildman–Crippen LogP) is 3.89. The Morgan fingerprint density at radius 1 is 1.05 bits per heavy atom. The number of nitrogens with one attached hydrogen (secondary N) is 2. The molecule has 0 saturated carbocycles. The van der Waals surface area contributed by atoms with Crippen molar-refractivity contribution in [2.24, 2.45) is 11.7 Å². The number of amides is 3. The molecule has 0 radical (unpaired) electrons. The first-order valence-electron chi connectivity index (χ1n) is 12.2. The van der Waals surface area contributed by atoms with Crippen molar-refractivity contribution in [3.8, 4) is 0 Å². The number of carbonyl (C=O) groups excluding carboxylic acids is 2. The number of anilines is 1. The molecule has 0 bridgehead atoms. The van der Waals surface area contributed by atoms with E-state index in [-0.39, 0.29) is 11.9 Å².